The lowest BCUT2D eigenvalue weighted by molar-refractivity contribution is 0.0977. The van der Waals surface area contributed by atoms with Gasteiger partial charge in [-0.2, -0.15) is 4.31 Å². The molecule has 0 unspecified atom stereocenters. The smallest absolute Gasteiger partial charge is 0.257 e. The Balaban J connectivity index is 1.21. The van der Waals surface area contributed by atoms with E-state index in [1.54, 1.807) is 12.1 Å². The molecule has 2 N–H and O–H groups in total. The van der Waals surface area contributed by atoms with E-state index < -0.39 is 15.9 Å². The third kappa shape index (κ3) is 7.31. The monoisotopic (exact) mass is 660 g/mol. The molecule has 0 radical (unpaired) electrons. The SMILES string of the molecule is COc1cc(C(=O)NC(=S)Nc2ccc(S(=O)(=O)N3CCN(C(c4ccccc4)c4ccccc4)CC3)cc2)cc(OC)c1OC. The Morgan fingerprint density at radius 3 is 1.76 bits per heavy atom. The average molecular weight is 661 g/mol. The van der Waals surface area contributed by atoms with Crippen LogP contribution in [-0.2, 0) is 10.0 Å². The Bertz CT molecular complexity index is 1700. The van der Waals surface area contributed by atoms with Gasteiger partial charge in [0.15, 0.2) is 16.6 Å². The first-order chi connectivity index (χ1) is 22.2. The van der Waals surface area contributed by atoms with Gasteiger partial charge in [0.05, 0.1) is 32.3 Å². The summed E-state index contributed by atoms with van der Waals surface area (Å²) in [5.41, 5.74) is 3.11. The van der Waals surface area contributed by atoms with Crippen molar-refractivity contribution in [3.8, 4) is 17.2 Å². The number of hydrogen-bond acceptors (Lipinski definition) is 8. The van der Waals surface area contributed by atoms with Crippen LogP contribution in [0, 0.1) is 0 Å². The number of nitrogens with one attached hydrogen (secondary N) is 2. The molecule has 1 heterocycles. The van der Waals surface area contributed by atoms with Gasteiger partial charge in [0.1, 0.15) is 0 Å². The van der Waals surface area contributed by atoms with E-state index in [0.717, 1.165) is 0 Å². The molecule has 5 rings (SSSR count). The molecule has 240 valence electrons. The molecule has 0 aromatic heterocycles. The molecule has 1 aliphatic rings. The standard InChI is InChI=1S/C34H36N4O6S2/c1-42-29-22-26(23-30(43-2)32(29)44-3)33(39)36-34(45)35-27-14-16-28(17-15-27)46(40,41)38-20-18-37(19-21-38)31(24-10-6-4-7-11-24)25-12-8-5-9-13-25/h4-17,22-23,31H,18-21H2,1-3H3,(H2,35,36,39,45). The highest BCUT2D eigenvalue weighted by molar-refractivity contribution is 7.89. The van der Waals surface area contributed by atoms with E-state index in [9.17, 15) is 13.2 Å². The molecule has 10 nitrogen and oxygen atoms in total. The number of piperazine rings is 1. The second-order valence-corrected chi connectivity index (χ2v) is 12.9. The minimum Gasteiger partial charge on any atom is -0.493 e. The van der Waals surface area contributed by atoms with Gasteiger partial charge in [-0.05, 0) is 59.7 Å². The third-order valence-electron chi connectivity index (χ3n) is 7.77. The fourth-order valence-corrected chi connectivity index (χ4v) is 7.13. The summed E-state index contributed by atoms with van der Waals surface area (Å²) in [6, 6.07) is 29.9. The van der Waals surface area contributed by atoms with Gasteiger partial charge in [-0.1, -0.05) is 60.7 Å². The highest BCUT2D eigenvalue weighted by Gasteiger charge is 2.32. The lowest BCUT2D eigenvalue weighted by Gasteiger charge is -2.39. The maximum atomic E-state index is 13.6. The molecule has 0 spiro atoms. The molecule has 0 aliphatic carbocycles. The first-order valence-electron chi connectivity index (χ1n) is 14.6. The summed E-state index contributed by atoms with van der Waals surface area (Å²) in [5, 5.41) is 5.58. The molecular weight excluding hydrogens is 625 g/mol. The van der Waals surface area contributed by atoms with Crippen molar-refractivity contribution in [3.05, 3.63) is 114 Å². The summed E-state index contributed by atoms with van der Waals surface area (Å²) < 4.78 is 44.6. The van der Waals surface area contributed by atoms with Crippen LogP contribution in [0.2, 0.25) is 0 Å². The molecule has 1 aliphatic heterocycles. The zero-order valence-electron chi connectivity index (χ0n) is 25.8. The molecule has 4 aromatic rings. The quantitative estimate of drug-likeness (QED) is 0.229. The van der Waals surface area contributed by atoms with Gasteiger partial charge < -0.3 is 19.5 Å². The summed E-state index contributed by atoms with van der Waals surface area (Å²) in [6.45, 7) is 1.92. The zero-order chi connectivity index (χ0) is 32.7. The minimum absolute atomic E-state index is 0.0377. The van der Waals surface area contributed by atoms with E-state index in [1.807, 2.05) is 36.4 Å². The molecule has 0 atom stereocenters. The van der Waals surface area contributed by atoms with Crippen molar-refractivity contribution in [3.63, 3.8) is 0 Å². The Kier molecular flexibility index (Phi) is 10.5. The molecule has 1 amide bonds. The number of carbonyl (C=O) groups is 1. The summed E-state index contributed by atoms with van der Waals surface area (Å²) in [6.07, 6.45) is 0. The number of anilines is 1. The fourth-order valence-electron chi connectivity index (χ4n) is 5.50. The second-order valence-electron chi connectivity index (χ2n) is 10.5. The van der Waals surface area contributed by atoms with Crippen LogP contribution >= 0.6 is 12.2 Å². The maximum Gasteiger partial charge on any atom is 0.257 e. The zero-order valence-corrected chi connectivity index (χ0v) is 27.4. The van der Waals surface area contributed by atoms with Crippen molar-refractivity contribution in [2.24, 2.45) is 0 Å². The number of carbonyl (C=O) groups excluding carboxylic acids is 1. The number of nitrogens with zero attached hydrogens (tertiary/aromatic N) is 2. The van der Waals surface area contributed by atoms with Crippen molar-refractivity contribution in [1.82, 2.24) is 14.5 Å². The Morgan fingerprint density at radius 2 is 1.28 bits per heavy atom. The van der Waals surface area contributed by atoms with E-state index in [2.05, 4.69) is 39.8 Å². The van der Waals surface area contributed by atoms with Crippen LogP contribution in [0.15, 0.2) is 102 Å². The van der Waals surface area contributed by atoms with Gasteiger partial charge in [-0.3, -0.25) is 15.0 Å². The number of benzene rings is 4. The van der Waals surface area contributed by atoms with Gasteiger partial charge in [0.25, 0.3) is 5.91 Å². The summed E-state index contributed by atoms with van der Waals surface area (Å²) in [5.74, 6) is 0.534. The fraction of sp³-hybridized carbons (Fsp3) is 0.235. The lowest BCUT2D eigenvalue weighted by atomic mass is 9.96. The predicted molar refractivity (Wildman–Crippen MR) is 181 cm³/mol. The summed E-state index contributed by atoms with van der Waals surface area (Å²) >= 11 is 5.33. The number of sulfonamides is 1. The van der Waals surface area contributed by atoms with Crippen LogP contribution < -0.4 is 24.8 Å². The molecule has 1 fully saturated rings. The molecule has 1 saturated heterocycles. The highest BCUT2D eigenvalue weighted by atomic mass is 32.2. The number of thiocarbonyl (C=S) groups is 1. The van der Waals surface area contributed by atoms with E-state index in [0.29, 0.717) is 49.1 Å². The van der Waals surface area contributed by atoms with Crippen LogP contribution in [-0.4, -0.2) is 76.2 Å². The normalized spacial score (nSPS) is 14.0. The van der Waals surface area contributed by atoms with Crippen LogP contribution in [0.3, 0.4) is 0 Å². The van der Waals surface area contributed by atoms with Crippen LogP contribution in [0.1, 0.15) is 27.5 Å². The largest absolute Gasteiger partial charge is 0.493 e. The van der Waals surface area contributed by atoms with E-state index in [1.165, 1.54) is 61.0 Å². The molecule has 46 heavy (non-hydrogen) atoms. The van der Waals surface area contributed by atoms with Crippen molar-refractivity contribution in [2.75, 3.05) is 52.8 Å². The third-order valence-corrected chi connectivity index (χ3v) is 9.89. The van der Waals surface area contributed by atoms with Crippen molar-refractivity contribution in [2.45, 2.75) is 10.9 Å². The lowest BCUT2D eigenvalue weighted by Crippen LogP contribution is -2.49. The van der Waals surface area contributed by atoms with Crippen LogP contribution in [0.5, 0.6) is 17.2 Å². The number of rotatable bonds is 10. The van der Waals surface area contributed by atoms with Gasteiger partial charge in [0.2, 0.25) is 15.8 Å². The number of methoxy groups -OCH3 is 3. The molecule has 0 bridgehead atoms. The molecule has 12 heteroatoms. The Labute approximate surface area is 274 Å². The first kappa shape index (κ1) is 32.9. The average Bonchev–Trinajstić information content (AvgIpc) is 3.09. The summed E-state index contributed by atoms with van der Waals surface area (Å²) in [4.78, 5) is 15.4. The number of ether oxygens (including phenoxy) is 3. The second kappa shape index (κ2) is 14.7. The summed E-state index contributed by atoms with van der Waals surface area (Å²) in [7, 11) is 0.680. The van der Waals surface area contributed by atoms with Crippen molar-refractivity contribution >= 4 is 38.9 Å². The van der Waals surface area contributed by atoms with Crippen LogP contribution in [0.25, 0.3) is 0 Å². The first-order valence-corrected chi connectivity index (χ1v) is 16.5. The maximum absolute atomic E-state index is 13.6. The molecule has 0 saturated carbocycles. The minimum atomic E-state index is -3.72. The number of hydrogen-bond donors (Lipinski definition) is 2. The van der Waals surface area contributed by atoms with Gasteiger partial charge in [0, 0.05) is 37.4 Å². The molecular formula is C34H36N4O6S2. The number of amides is 1. The predicted octanol–water partition coefficient (Wildman–Crippen LogP) is 4.94. The Morgan fingerprint density at radius 1 is 0.761 bits per heavy atom. The van der Waals surface area contributed by atoms with Gasteiger partial charge in [-0.15, -0.1) is 0 Å². The van der Waals surface area contributed by atoms with Crippen molar-refractivity contribution < 1.29 is 27.4 Å². The van der Waals surface area contributed by atoms with Crippen LogP contribution in [0.4, 0.5) is 5.69 Å². The van der Waals surface area contributed by atoms with Crippen molar-refractivity contribution in [1.29, 1.82) is 0 Å². The van der Waals surface area contributed by atoms with Gasteiger partial charge in [-0.25, -0.2) is 8.42 Å². The molecule has 4 aromatic carbocycles. The van der Waals surface area contributed by atoms with E-state index in [-0.39, 0.29) is 21.6 Å². The topological polar surface area (TPSA) is 109 Å². The van der Waals surface area contributed by atoms with E-state index in [4.69, 9.17) is 26.4 Å². The highest BCUT2D eigenvalue weighted by Crippen LogP contribution is 2.38. The van der Waals surface area contributed by atoms with Gasteiger partial charge >= 0.3 is 0 Å². The Hall–Kier alpha value is -4.49. The van der Waals surface area contributed by atoms with E-state index >= 15 is 0 Å².